The molecule has 4 rings (SSSR count). The first-order chi connectivity index (χ1) is 16.9. The standard InChI is InChI=1S/C23H23F6N5OS/c1-14-9-15(11-16(10-14)32-20-30-6-3-18(33-20)23(27,28)29)17-12-31-19(36-17)21(35)4-2-7-34(8-5-21)22(25,26)13-24/h3,6,9-12,35H,2,4-5,7-8,13H2,1H3,(H,30,32,33). The van der Waals surface area contributed by atoms with Gasteiger partial charge in [-0.05, 0) is 55.5 Å². The van der Waals surface area contributed by atoms with Crippen LogP contribution in [0.15, 0.2) is 36.7 Å². The summed E-state index contributed by atoms with van der Waals surface area (Å²) in [6, 6.07) is 2.45. The Morgan fingerprint density at radius 2 is 1.89 bits per heavy atom. The van der Waals surface area contributed by atoms with E-state index in [1.165, 1.54) is 11.3 Å². The number of nitrogens with one attached hydrogen (secondary N) is 1. The SMILES string of the molecule is Cc1cc(Nc2nccc(C(F)(F)F)n2)cc(-c2cnc(C3(O)CCCN(C(F)(F)CF)CC3)s2)c1. The van der Waals surface area contributed by atoms with E-state index in [-0.39, 0.29) is 38.3 Å². The molecular weight excluding hydrogens is 508 g/mol. The lowest BCUT2D eigenvalue weighted by Gasteiger charge is -2.28. The van der Waals surface area contributed by atoms with E-state index in [0.717, 1.165) is 22.7 Å². The predicted molar refractivity (Wildman–Crippen MR) is 123 cm³/mol. The number of thiazole rings is 1. The molecular formula is C23H23F6N5OS. The summed E-state index contributed by atoms with van der Waals surface area (Å²) < 4.78 is 79.2. The second kappa shape index (κ2) is 9.94. The molecule has 2 aromatic heterocycles. The molecule has 194 valence electrons. The Kier molecular flexibility index (Phi) is 7.26. The smallest absolute Gasteiger partial charge is 0.383 e. The van der Waals surface area contributed by atoms with Gasteiger partial charge in [-0.25, -0.2) is 24.2 Å². The van der Waals surface area contributed by atoms with Crippen LogP contribution >= 0.6 is 11.3 Å². The van der Waals surface area contributed by atoms with E-state index in [0.29, 0.717) is 21.1 Å². The van der Waals surface area contributed by atoms with E-state index in [9.17, 15) is 31.4 Å². The minimum atomic E-state index is -4.60. The number of nitrogens with zero attached hydrogens (tertiary/aromatic N) is 4. The van der Waals surface area contributed by atoms with Gasteiger partial charge in [0.15, 0.2) is 6.67 Å². The summed E-state index contributed by atoms with van der Waals surface area (Å²) in [7, 11) is 0. The van der Waals surface area contributed by atoms with E-state index in [2.05, 4.69) is 20.3 Å². The van der Waals surface area contributed by atoms with E-state index in [1.807, 2.05) is 13.0 Å². The number of anilines is 2. The zero-order valence-electron chi connectivity index (χ0n) is 19.1. The van der Waals surface area contributed by atoms with Crippen LogP contribution in [0.3, 0.4) is 0 Å². The topological polar surface area (TPSA) is 74.2 Å². The van der Waals surface area contributed by atoms with Crippen molar-refractivity contribution in [1.29, 1.82) is 0 Å². The van der Waals surface area contributed by atoms with Gasteiger partial charge in [-0.3, -0.25) is 0 Å². The molecule has 2 N–H and O–H groups in total. The number of aliphatic hydroxyl groups is 1. The summed E-state index contributed by atoms with van der Waals surface area (Å²) in [6.45, 7) is -0.204. The van der Waals surface area contributed by atoms with E-state index in [1.54, 1.807) is 18.3 Å². The molecule has 6 nitrogen and oxygen atoms in total. The van der Waals surface area contributed by atoms with Crippen LogP contribution in [0, 0.1) is 6.92 Å². The number of aromatic nitrogens is 3. The van der Waals surface area contributed by atoms with Crippen LogP contribution in [0.2, 0.25) is 0 Å². The molecule has 0 aliphatic carbocycles. The Labute approximate surface area is 207 Å². The molecule has 0 amide bonds. The largest absolute Gasteiger partial charge is 0.433 e. The molecule has 1 atom stereocenters. The number of alkyl halides is 6. The molecule has 0 bridgehead atoms. The van der Waals surface area contributed by atoms with Gasteiger partial charge in [0.1, 0.15) is 16.3 Å². The van der Waals surface area contributed by atoms with Crippen molar-refractivity contribution in [2.24, 2.45) is 0 Å². The Hall–Kier alpha value is -2.77. The van der Waals surface area contributed by atoms with Crippen molar-refractivity contribution >= 4 is 23.0 Å². The quantitative estimate of drug-likeness (QED) is 0.305. The summed E-state index contributed by atoms with van der Waals surface area (Å²) in [6.07, 6.45) is -1.61. The lowest BCUT2D eigenvalue weighted by atomic mass is 9.96. The summed E-state index contributed by atoms with van der Waals surface area (Å²) in [5.74, 6) is -0.214. The van der Waals surface area contributed by atoms with Crippen LogP contribution in [0.5, 0.6) is 0 Å². The first-order valence-electron chi connectivity index (χ1n) is 11.1. The fourth-order valence-electron chi connectivity index (χ4n) is 4.07. The number of hydrogen-bond donors (Lipinski definition) is 2. The van der Waals surface area contributed by atoms with Crippen LogP contribution < -0.4 is 5.32 Å². The maximum absolute atomic E-state index is 13.8. The number of halogens is 6. The van der Waals surface area contributed by atoms with E-state index < -0.39 is 30.2 Å². The van der Waals surface area contributed by atoms with Gasteiger partial charge >= 0.3 is 12.2 Å². The molecule has 0 saturated carbocycles. The summed E-state index contributed by atoms with van der Waals surface area (Å²) >= 11 is 1.20. The van der Waals surface area contributed by atoms with Gasteiger partial charge in [0, 0.05) is 31.2 Å². The lowest BCUT2D eigenvalue weighted by molar-refractivity contribution is -0.158. The molecule has 1 aromatic carbocycles. The molecule has 3 heterocycles. The van der Waals surface area contributed by atoms with Gasteiger partial charge in [-0.2, -0.15) is 22.0 Å². The fraction of sp³-hybridized carbons (Fsp3) is 0.435. The first-order valence-corrected chi connectivity index (χ1v) is 11.9. The zero-order valence-corrected chi connectivity index (χ0v) is 19.9. The number of aryl methyl sites for hydroxylation is 1. The lowest BCUT2D eigenvalue weighted by Crippen LogP contribution is -2.44. The zero-order chi connectivity index (χ0) is 26.1. The molecule has 1 fully saturated rings. The van der Waals surface area contributed by atoms with E-state index in [4.69, 9.17) is 0 Å². The summed E-state index contributed by atoms with van der Waals surface area (Å²) in [5, 5.41) is 14.3. The van der Waals surface area contributed by atoms with Crippen LogP contribution in [-0.4, -0.2) is 50.8 Å². The van der Waals surface area contributed by atoms with Crippen molar-refractivity contribution in [3.63, 3.8) is 0 Å². The highest BCUT2D eigenvalue weighted by atomic mass is 32.1. The minimum absolute atomic E-state index is 0.0248. The Bertz CT molecular complexity index is 1220. The highest BCUT2D eigenvalue weighted by Crippen LogP contribution is 2.40. The Morgan fingerprint density at radius 1 is 1.11 bits per heavy atom. The maximum Gasteiger partial charge on any atom is 0.433 e. The number of benzene rings is 1. The van der Waals surface area contributed by atoms with Gasteiger partial charge in [0.05, 0.1) is 4.88 Å². The molecule has 36 heavy (non-hydrogen) atoms. The predicted octanol–water partition coefficient (Wildman–Crippen LogP) is 5.91. The third kappa shape index (κ3) is 5.79. The fourth-order valence-corrected chi connectivity index (χ4v) is 5.12. The molecule has 13 heteroatoms. The highest BCUT2D eigenvalue weighted by Gasteiger charge is 2.42. The van der Waals surface area contributed by atoms with Crippen molar-refractivity contribution in [1.82, 2.24) is 19.9 Å². The molecule has 0 spiro atoms. The first kappa shape index (κ1) is 26.3. The van der Waals surface area contributed by atoms with Crippen molar-refractivity contribution in [3.8, 4) is 10.4 Å². The van der Waals surface area contributed by atoms with Crippen molar-refractivity contribution < 1.29 is 31.4 Å². The van der Waals surface area contributed by atoms with Crippen LogP contribution in [0.1, 0.15) is 35.5 Å². The number of rotatable bonds is 6. The van der Waals surface area contributed by atoms with Gasteiger partial charge in [-0.15, -0.1) is 11.3 Å². The van der Waals surface area contributed by atoms with Gasteiger partial charge in [-0.1, -0.05) is 6.07 Å². The monoisotopic (exact) mass is 531 g/mol. The molecule has 1 unspecified atom stereocenters. The molecule has 0 radical (unpaired) electrons. The van der Waals surface area contributed by atoms with Crippen molar-refractivity contribution in [2.75, 3.05) is 25.1 Å². The highest BCUT2D eigenvalue weighted by molar-refractivity contribution is 7.15. The number of hydrogen-bond acceptors (Lipinski definition) is 7. The normalized spacial score (nSPS) is 19.8. The van der Waals surface area contributed by atoms with Crippen LogP contribution in [-0.2, 0) is 11.8 Å². The molecule has 1 saturated heterocycles. The second-order valence-electron chi connectivity index (χ2n) is 8.68. The average molecular weight is 532 g/mol. The summed E-state index contributed by atoms with van der Waals surface area (Å²) in [5.41, 5.74) is -0.554. The maximum atomic E-state index is 13.8. The third-order valence-corrected chi connectivity index (χ3v) is 7.14. The van der Waals surface area contributed by atoms with Gasteiger partial charge < -0.3 is 10.4 Å². The van der Waals surface area contributed by atoms with Gasteiger partial charge in [0.2, 0.25) is 5.95 Å². The Balaban J connectivity index is 1.55. The van der Waals surface area contributed by atoms with Crippen molar-refractivity contribution in [2.45, 2.75) is 44.0 Å². The molecule has 1 aliphatic heterocycles. The van der Waals surface area contributed by atoms with E-state index >= 15 is 0 Å². The summed E-state index contributed by atoms with van der Waals surface area (Å²) in [4.78, 5) is 13.1. The Morgan fingerprint density at radius 3 is 2.61 bits per heavy atom. The second-order valence-corrected chi connectivity index (χ2v) is 9.71. The average Bonchev–Trinajstić information content (AvgIpc) is 3.23. The van der Waals surface area contributed by atoms with Crippen LogP contribution in [0.4, 0.5) is 38.0 Å². The van der Waals surface area contributed by atoms with Crippen LogP contribution in [0.25, 0.3) is 10.4 Å². The molecule has 3 aromatic rings. The molecule has 1 aliphatic rings. The van der Waals surface area contributed by atoms with Crippen molar-refractivity contribution in [3.05, 3.63) is 52.9 Å². The number of likely N-dealkylation sites (tertiary alicyclic amines) is 1. The third-order valence-electron chi connectivity index (χ3n) is 5.90. The van der Waals surface area contributed by atoms with Gasteiger partial charge in [0.25, 0.3) is 0 Å². The minimum Gasteiger partial charge on any atom is -0.383 e.